The molecule has 0 aliphatic heterocycles. The Hall–Kier alpha value is -0.870. The van der Waals surface area contributed by atoms with Crippen LogP contribution < -0.4 is 5.73 Å². The normalized spacial score (nSPS) is 24.7. The van der Waals surface area contributed by atoms with Crippen LogP contribution in [0.3, 0.4) is 0 Å². The predicted molar refractivity (Wildman–Crippen MR) is 88.1 cm³/mol. The largest absolute Gasteiger partial charge is 0.327 e. The SMILES string of the molecule is Cc1ccc(CCC(N)C2CCCC(S(C)(=O)=O)C2)cc1. The van der Waals surface area contributed by atoms with Gasteiger partial charge in [0, 0.05) is 12.3 Å². The van der Waals surface area contributed by atoms with Crippen molar-refractivity contribution in [2.75, 3.05) is 6.26 Å². The second-order valence-electron chi connectivity index (χ2n) is 6.57. The van der Waals surface area contributed by atoms with Gasteiger partial charge in [-0.2, -0.15) is 0 Å². The summed E-state index contributed by atoms with van der Waals surface area (Å²) in [6.07, 6.45) is 6.87. The van der Waals surface area contributed by atoms with E-state index in [0.29, 0.717) is 5.92 Å². The van der Waals surface area contributed by atoms with E-state index in [2.05, 4.69) is 31.2 Å². The molecule has 1 aromatic rings. The molecule has 2 rings (SSSR count). The zero-order valence-corrected chi connectivity index (χ0v) is 13.9. The molecule has 0 saturated heterocycles. The molecule has 3 atom stereocenters. The van der Waals surface area contributed by atoms with Gasteiger partial charge < -0.3 is 5.73 Å². The van der Waals surface area contributed by atoms with Crippen LogP contribution in [0.1, 0.15) is 43.2 Å². The van der Waals surface area contributed by atoms with E-state index in [0.717, 1.165) is 38.5 Å². The van der Waals surface area contributed by atoms with Crippen LogP contribution in [0.25, 0.3) is 0 Å². The summed E-state index contributed by atoms with van der Waals surface area (Å²) in [7, 11) is -2.92. The van der Waals surface area contributed by atoms with E-state index in [1.54, 1.807) is 0 Å². The van der Waals surface area contributed by atoms with E-state index in [1.165, 1.54) is 17.4 Å². The number of hydrogen-bond acceptors (Lipinski definition) is 3. The fourth-order valence-electron chi connectivity index (χ4n) is 3.28. The second kappa shape index (κ2) is 6.93. The average molecular weight is 309 g/mol. The highest BCUT2D eigenvalue weighted by atomic mass is 32.2. The van der Waals surface area contributed by atoms with Gasteiger partial charge in [0.25, 0.3) is 0 Å². The van der Waals surface area contributed by atoms with Gasteiger partial charge in [-0.25, -0.2) is 8.42 Å². The molecule has 1 aromatic carbocycles. The summed E-state index contributed by atoms with van der Waals surface area (Å²) in [6, 6.07) is 8.67. The Labute approximate surface area is 128 Å². The summed E-state index contributed by atoms with van der Waals surface area (Å²) in [6.45, 7) is 2.09. The summed E-state index contributed by atoms with van der Waals surface area (Å²) >= 11 is 0. The van der Waals surface area contributed by atoms with Gasteiger partial charge in [0.15, 0.2) is 0 Å². The Bertz CT molecular complexity index is 551. The third-order valence-electron chi connectivity index (χ3n) is 4.76. The van der Waals surface area contributed by atoms with E-state index in [4.69, 9.17) is 5.73 Å². The Morgan fingerprint density at radius 2 is 1.90 bits per heavy atom. The molecule has 4 heteroatoms. The summed E-state index contributed by atoms with van der Waals surface area (Å²) in [5, 5.41) is -0.179. The van der Waals surface area contributed by atoms with Crippen molar-refractivity contribution < 1.29 is 8.42 Å². The highest BCUT2D eigenvalue weighted by Crippen LogP contribution is 2.31. The van der Waals surface area contributed by atoms with Crippen LogP contribution in [0.4, 0.5) is 0 Å². The van der Waals surface area contributed by atoms with Crippen LogP contribution in [0.5, 0.6) is 0 Å². The van der Waals surface area contributed by atoms with E-state index < -0.39 is 9.84 Å². The zero-order valence-electron chi connectivity index (χ0n) is 13.1. The van der Waals surface area contributed by atoms with Crippen LogP contribution in [0, 0.1) is 12.8 Å². The van der Waals surface area contributed by atoms with E-state index in [9.17, 15) is 8.42 Å². The van der Waals surface area contributed by atoms with Crippen molar-refractivity contribution >= 4 is 9.84 Å². The Kier molecular flexibility index (Phi) is 5.44. The fraction of sp³-hybridized carbons (Fsp3) is 0.647. The first-order valence-corrected chi connectivity index (χ1v) is 9.81. The fourth-order valence-corrected chi connectivity index (χ4v) is 4.47. The van der Waals surface area contributed by atoms with Gasteiger partial charge in [0.1, 0.15) is 9.84 Å². The van der Waals surface area contributed by atoms with Crippen molar-refractivity contribution in [1.82, 2.24) is 0 Å². The molecule has 0 radical (unpaired) electrons. The lowest BCUT2D eigenvalue weighted by Crippen LogP contribution is -2.37. The molecule has 3 nitrogen and oxygen atoms in total. The van der Waals surface area contributed by atoms with E-state index >= 15 is 0 Å². The number of hydrogen-bond donors (Lipinski definition) is 1. The van der Waals surface area contributed by atoms with Crippen LogP contribution in [-0.4, -0.2) is 26.0 Å². The molecular formula is C17H27NO2S. The number of aryl methyl sites for hydroxylation is 2. The Morgan fingerprint density at radius 3 is 2.52 bits per heavy atom. The molecule has 21 heavy (non-hydrogen) atoms. The number of benzene rings is 1. The molecule has 0 spiro atoms. The van der Waals surface area contributed by atoms with Gasteiger partial charge in [-0.15, -0.1) is 0 Å². The minimum absolute atomic E-state index is 0.107. The molecule has 0 heterocycles. The summed E-state index contributed by atoms with van der Waals surface area (Å²) in [5.74, 6) is 0.351. The van der Waals surface area contributed by atoms with Gasteiger partial charge in [0.2, 0.25) is 0 Å². The first-order valence-electron chi connectivity index (χ1n) is 7.86. The van der Waals surface area contributed by atoms with Gasteiger partial charge in [-0.05, 0) is 50.5 Å². The maximum Gasteiger partial charge on any atom is 0.150 e. The summed E-state index contributed by atoms with van der Waals surface area (Å²) in [4.78, 5) is 0. The molecule has 1 fully saturated rings. The van der Waals surface area contributed by atoms with Crippen LogP contribution >= 0.6 is 0 Å². The lowest BCUT2D eigenvalue weighted by molar-refractivity contribution is 0.296. The quantitative estimate of drug-likeness (QED) is 0.910. The van der Waals surface area contributed by atoms with Crippen molar-refractivity contribution in [2.45, 2.75) is 56.7 Å². The molecular weight excluding hydrogens is 282 g/mol. The topological polar surface area (TPSA) is 60.2 Å². The van der Waals surface area contributed by atoms with Crippen molar-refractivity contribution in [2.24, 2.45) is 11.7 Å². The lowest BCUT2D eigenvalue weighted by atomic mass is 9.82. The standard InChI is InChI=1S/C17H27NO2S/c1-13-6-8-14(9-7-13)10-11-17(18)15-4-3-5-16(12-15)21(2,19)20/h6-9,15-17H,3-5,10-12,18H2,1-2H3. The van der Waals surface area contributed by atoms with Crippen LogP contribution in [-0.2, 0) is 16.3 Å². The number of sulfone groups is 1. The molecule has 118 valence electrons. The first-order chi connectivity index (χ1) is 9.86. The van der Waals surface area contributed by atoms with Gasteiger partial charge in [-0.1, -0.05) is 36.2 Å². The molecule has 0 bridgehead atoms. The minimum Gasteiger partial charge on any atom is -0.327 e. The van der Waals surface area contributed by atoms with Gasteiger partial charge >= 0.3 is 0 Å². The molecule has 0 amide bonds. The zero-order chi connectivity index (χ0) is 15.5. The molecule has 1 aliphatic carbocycles. The first kappa shape index (κ1) is 16.5. The molecule has 1 saturated carbocycles. The maximum atomic E-state index is 11.7. The summed E-state index contributed by atoms with van der Waals surface area (Å²) in [5.41, 5.74) is 8.92. The third kappa shape index (κ3) is 4.82. The highest BCUT2D eigenvalue weighted by molar-refractivity contribution is 7.91. The van der Waals surface area contributed by atoms with Crippen molar-refractivity contribution in [3.8, 4) is 0 Å². The second-order valence-corrected chi connectivity index (χ2v) is 8.89. The summed E-state index contributed by atoms with van der Waals surface area (Å²) < 4.78 is 23.4. The lowest BCUT2D eigenvalue weighted by Gasteiger charge is -2.32. The number of nitrogens with two attached hydrogens (primary N) is 1. The van der Waals surface area contributed by atoms with Crippen LogP contribution in [0.2, 0.25) is 0 Å². The maximum absolute atomic E-state index is 11.7. The molecule has 3 unspecified atom stereocenters. The van der Waals surface area contributed by atoms with E-state index in [-0.39, 0.29) is 11.3 Å². The van der Waals surface area contributed by atoms with Crippen LogP contribution in [0.15, 0.2) is 24.3 Å². The number of rotatable bonds is 5. The highest BCUT2D eigenvalue weighted by Gasteiger charge is 2.31. The van der Waals surface area contributed by atoms with Crippen molar-refractivity contribution in [1.29, 1.82) is 0 Å². The Morgan fingerprint density at radius 1 is 1.24 bits per heavy atom. The van der Waals surface area contributed by atoms with Crippen molar-refractivity contribution in [3.05, 3.63) is 35.4 Å². The molecule has 2 N–H and O–H groups in total. The Balaban J connectivity index is 1.88. The average Bonchev–Trinajstić information content (AvgIpc) is 2.45. The van der Waals surface area contributed by atoms with Gasteiger partial charge in [0.05, 0.1) is 5.25 Å². The molecule has 1 aliphatic rings. The smallest absolute Gasteiger partial charge is 0.150 e. The van der Waals surface area contributed by atoms with Crippen molar-refractivity contribution in [3.63, 3.8) is 0 Å². The molecule has 0 aromatic heterocycles. The third-order valence-corrected chi connectivity index (χ3v) is 6.40. The monoisotopic (exact) mass is 309 g/mol. The van der Waals surface area contributed by atoms with E-state index in [1.807, 2.05) is 0 Å². The minimum atomic E-state index is -2.92. The van der Waals surface area contributed by atoms with Gasteiger partial charge in [-0.3, -0.25) is 0 Å². The predicted octanol–water partition coefficient (Wildman–Crippen LogP) is 2.86.